The van der Waals surface area contributed by atoms with Crippen LogP contribution in [0.4, 0.5) is 0 Å². The molecule has 3 aliphatic heterocycles. The van der Waals surface area contributed by atoms with Gasteiger partial charge in [-0.3, -0.25) is 29.1 Å². The second-order valence-corrected chi connectivity index (χ2v) is 17.1. The van der Waals surface area contributed by atoms with Crippen molar-refractivity contribution in [3.8, 4) is 23.0 Å². The zero-order valence-corrected chi connectivity index (χ0v) is 38.2. The Morgan fingerprint density at radius 3 is 1.68 bits per heavy atom. The third-order valence-corrected chi connectivity index (χ3v) is 13.1. The molecule has 0 atom stereocenters. The van der Waals surface area contributed by atoms with Gasteiger partial charge in [-0.2, -0.15) is 0 Å². The van der Waals surface area contributed by atoms with Gasteiger partial charge < -0.3 is 42.9 Å². The number of carbonyl (C=O) groups is 2. The van der Waals surface area contributed by atoms with Crippen LogP contribution in [0.1, 0.15) is 70.9 Å². The Morgan fingerprint density at radius 1 is 0.677 bits per heavy atom. The molecule has 2 fully saturated rings. The molecule has 0 amide bonds. The van der Waals surface area contributed by atoms with Crippen LogP contribution >= 0.6 is 0 Å². The van der Waals surface area contributed by atoms with Crippen molar-refractivity contribution < 1.29 is 38.0 Å². The van der Waals surface area contributed by atoms with E-state index in [0.717, 1.165) is 90.9 Å². The van der Waals surface area contributed by atoms with Crippen LogP contribution < -0.4 is 35.4 Å². The number of aryl methyl sites for hydroxylation is 2. The van der Waals surface area contributed by atoms with Crippen molar-refractivity contribution in [1.29, 1.82) is 0 Å². The van der Waals surface area contributed by atoms with E-state index in [9.17, 15) is 19.2 Å². The van der Waals surface area contributed by atoms with E-state index in [1.807, 2.05) is 68.4 Å². The number of rotatable bonds is 16. The van der Waals surface area contributed by atoms with Crippen LogP contribution in [-0.4, -0.2) is 97.8 Å². The van der Waals surface area contributed by atoms with E-state index in [0.29, 0.717) is 83.2 Å². The van der Waals surface area contributed by atoms with E-state index in [-0.39, 0.29) is 23.1 Å². The molecule has 1 N–H and O–H groups in total. The Kier molecular flexibility index (Phi) is 15.8. The SMILES string of the molecule is CCOC(=O)C1(CCCn2c(=O)ccc3ccc(OC)cc32)CCN(Cc2cc3c(cn2)OCCO3)CC1.CCOC(=O)C1(CCCn2c(=O)ccc3ccc(OC)cc32)CCNCC1. The summed E-state index contributed by atoms with van der Waals surface area (Å²) < 4.78 is 36.4. The lowest BCUT2D eigenvalue weighted by atomic mass is 9.74. The molecule has 2 saturated heterocycles. The molecule has 0 unspecified atom stereocenters. The lowest BCUT2D eigenvalue weighted by Gasteiger charge is -2.40. The minimum Gasteiger partial charge on any atom is -0.497 e. The number of hydrogen-bond donors (Lipinski definition) is 1. The Bertz CT molecular complexity index is 2540. The molecule has 65 heavy (non-hydrogen) atoms. The predicted molar refractivity (Wildman–Crippen MR) is 248 cm³/mol. The molecule has 3 aromatic heterocycles. The number of benzene rings is 2. The van der Waals surface area contributed by atoms with Gasteiger partial charge in [0.1, 0.15) is 24.7 Å². The van der Waals surface area contributed by atoms with Gasteiger partial charge in [-0.05, 0) is 139 Å². The smallest absolute Gasteiger partial charge is 0.312 e. The van der Waals surface area contributed by atoms with E-state index in [2.05, 4.69) is 15.2 Å². The highest BCUT2D eigenvalue weighted by atomic mass is 16.6. The maximum absolute atomic E-state index is 13.2. The van der Waals surface area contributed by atoms with Crippen molar-refractivity contribution in [3.05, 3.63) is 99.3 Å². The molecule has 6 heterocycles. The highest BCUT2D eigenvalue weighted by Gasteiger charge is 2.43. The Morgan fingerprint density at radius 2 is 1.17 bits per heavy atom. The summed E-state index contributed by atoms with van der Waals surface area (Å²) >= 11 is 0. The summed E-state index contributed by atoms with van der Waals surface area (Å²) in [6, 6.07) is 20.3. The molecule has 15 heteroatoms. The first-order valence-electron chi connectivity index (χ1n) is 23.0. The van der Waals surface area contributed by atoms with Crippen LogP contribution in [0.3, 0.4) is 0 Å². The molecule has 0 saturated carbocycles. The minimum atomic E-state index is -0.557. The summed E-state index contributed by atoms with van der Waals surface area (Å²) in [4.78, 5) is 57.8. The Hall–Kier alpha value is -5.93. The zero-order valence-electron chi connectivity index (χ0n) is 38.2. The van der Waals surface area contributed by atoms with Crippen molar-refractivity contribution in [2.45, 2.75) is 84.8 Å². The maximum Gasteiger partial charge on any atom is 0.312 e. The fraction of sp³-hybridized carbons (Fsp3) is 0.500. The normalized spacial score (nSPS) is 16.6. The van der Waals surface area contributed by atoms with Crippen molar-refractivity contribution in [2.75, 3.05) is 66.8 Å². The molecule has 0 bridgehead atoms. The van der Waals surface area contributed by atoms with E-state index < -0.39 is 10.8 Å². The van der Waals surface area contributed by atoms with Crippen molar-refractivity contribution in [1.82, 2.24) is 24.3 Å². The quantitative estimate of drug-likeness (QED) is 0.107. The lowest BCUT2D eigenvalue weighted by Crippen LogP contribution is -2.45. The average molecular weight is 894 g/mol. The molecule has 2 aromatic carbocycles. The van der Waals surface area contributed by atoms with Gasteiger partial charge in [-0.1, -0.05) is 0 Å². The van der Waals surface area contributed by atoms with Gasteiger partial charge in [0.05, 0.1) is 61.2 Å². The summed E-state index contributed by atoms with van der Waals surface area (Å²) in [7, 11) is 3.23. The van der Waals surface area contributed by atoms with Gasteiger partial charge in [0.2, 0.25) is 0 Å². The molecular weight excluding hydrogens is 831 g/mol. The van der Waals surface area contributed by atoms with Gasteiger partial charge in [0.25, 0.3) is 11.1 Å². The molecule has 15 nitrogen and oxygen atoms in total. The number of fused-ring (bicyclic) bond motifs is 3. The van der Waals surface area contributed by atoms with Gasteiger partial charge >= 0.3 is 11.9 Å². The minimum absolute atomic E-state index is 0.0359. The molecule has 348 valence electrons. The highest BCUT2D eigenvalue weighted by Crippen LogP contribution is 2.39. The topological polar surface area (TPSA) is 162 Å². The van der Waals surface area contributed by atoms with Crippen LogP contribution in [-0.2, 0) is 38.7 Å². The van der Waals surface area contributed by atoms with Gasteiger partial charge in [0.15, 0.2) is 11.5 Å². The first-order chi connectivity index (χ1) is 31.6. The molecule has 0 aliphatic carbocycles. The van der Waals surface area contributed by atoms with Crippen LogP contribution in [0.25, 0.3) is 21.8 Å². The molecule has 3 aliphatic rings. The van der Waals surface area contributed by atoms with Gasteiger partial charge in [0, 0.05) is 50.0 Å². The fourth-order valence-electron chi connectivity index (χ4n) is 9.43. The standard InChI is InChI=1S/C29H35N3O6.C21H28N2O4/c1-3-36-28(34)29(9-4-12-32-24-18-23(35-2)7-5-21(24)6-8-27(32)33)10-13-31(14-11-29)20-22-17-25-26(19-30-22)38-16-15-37-25;1-3-27-20(25)21(10-12-22-13-11-21)9-4-14-23-18-15-17(26-2)7-5-16(18)6-8-19(23)24/h5-8,17-19H,3-4,9-16,20H2,1-2H3;5-8,15,22H,3-4,9-14H2,1-2H3. The molecule has 0 radical (unpaired) electrons. The first kappa shape index (κ1) is 47.0. The van der Waals surface area contributed by atoms with E-state index in [4.69, 9.17) is 28.4 Å². The third kappa shape index (κ3) is 11.1. The number of aromatic nitrogens is 3. The number of likely N-dealkylation sites (tertiary alicyclic amines) is 1. The lowest BCUT2D eigenvalue weighted by molar-refractivity contribution is -0.159. The maximum atomic E-state index is 13.2. The predicted octanol–water partition coefficient (Wildman–Crippen LogP) is 6.53. The second kappa shape index (κ2) is 21.8. The number of nitrogens with zero attached hydrogens (tertiary/aromatic N) is 4. The Labute approximate surface area is 379 Å². The first-order valence-corrected chi connectivity index (χ1v) is 23.0. The third-order valence-electron chi connectivity index (χ3n) is 13.1. The number of ether oxygens (including phenoxy) is 6. The number of pyridine rings is 3. The highest BCUT2D eigenvalue weighted by molar-refractivity contribution is 5.81. The van der Waals surface area contributed by atoms with E-state index in [1.165, 1.54) is 0 Å². The van der Waals surface area contributed by atoms with Crippen molar-refractivity contribution in [3.63, 3.8) is 0 Å². The van der Waals surface area contributed by atoms with E-state index >= 15 is 0 Å². The number of nitrogens with one attached hydrogen (secondary N) is 1. The number of piperidine rings is 2. The number of carbonyl (C=O) groups excluding carboxylic acids is 2. The van der Waals surface area contributed by atoms with Crippen LogP contribution in [0.5, 0.6) is 23.0 Å². The molecule has 0 spiro atoms. The van der Waals surface area contributed by atoms with Crippen LogP contribution in [0.2, 0.25) is 0 Å². The van der Waals surface area contributed by atoms with Gasteiger partial charge in [-0.25, -0.2) is 0 Å². The number of methoxy groups -OCH3 is 2. The largest absolute Gasteiger partial charge is 0.497 e. The molecular formula is C50H63N5O10. The molecule has 5 aromatic rings. The number of hydrogen-bond acceptors (Lipinski definition) is 13. The summed E-state index contributed by atoms with van der Waals surface area (Å²) in [5.74, 6) is 2.62. The second-order valence-electron chi connectivity index (χ2n) is 17.1. The van der Waals surface area contributed by atoms with E-state index in [1.54, 1.807) is 41.7 Å². The average Bonchev–Trinajstić information content (AvgIpc) is 3.33. The number of esters is 2. The zero-order chi connectivity index (χ0) is 45.8. The summed E-state index contributed by atoms with van der Waals surface area (Å²) in [5.41, 5.74) is 1.53. The van der Waals surface area contributed by atoms with Crippen LogP contribution in [0, 0.1) is 10.8 Å². The summed E-state index contributed by atoms with van der Waals surface area (Å²) in [6.07, 6.45) is 7.52. The molecule has 8 rings (SSSR count). The summed E-state index contributed by atoms with van der Waals surface area (Å²) in [6.45, 7) is 10.5. The van der Waals surface area contributed by atoms with Crippen molar-refractivity contribution >= 4 is 33.7 Å². The summed E-state index contributed by atoms with van der Waals surface area (Å²) in [5, 5.41) is 5.29. The van der Waals surface area contributed by atoms with Gasteiger partial charge in [-0.15, -0.1) is 0 Å². The van der Waals surface area contributed by atoms with Crippen LogP contribution in [0.15, 0.2) is 82.5 Å². The van der Waals surface area contributed by atoms with Crippen molar-refractivity contribution in [2.24, 2.45) is 10.8 Å². The fourth-order valence-corrected chi connectivity index (χ4v) is 9.43. The monoisotopic (exact) mass is 893 g/mol. The Balaban J connectivity index is 0.000000206.